The van der Waals surface area contributed by atoms with Crippen molar-refractivity contribution in [2.45, 2.75) is 6.61 Å². The maximum Gasteiger partial charge on any atom is 0.363 e. The van der Waals surface area contributed by atoms with Crippen LogP contribution in [0.4, 0.5) is 4.39 Å². The molecule has 0 spiro atoms. The Morgan fingerprint density at radius 1 is 1.15 bits per heavy atom. The Balaban J connectivity index is 1.62. The number of hydrogen-bond donors (Lipinski definition) is 0. The van der Waals surface area contributed by atoms with Gasteiger partial charge in [0.1, 0.15) is 12.4 Å². The molecule has 3 aromatic carbocycles. The Labute approximate surface area is 221 Å². The first-order valence-corrected chi connectivity index (χ1v) is 12.1. The molecule has 0 unspecified atom stereocenters. The van der Waals surface area contributed by atoms with Crippen LogP contribution in [0, 0.1) is 13.0 Å². The number of cyclic esters (lactones) is 1. The van der Waals surface area contributed by atoms with Gasteiger partial charge in [-0.2, -0.15) is 0 Å². The van der Waals surface area contributed by atoms with E-state index in [2.05, 4.69) is 50.2 Å². The van der Waals surface area contributed by atoms with Crippen molar-refractivity contribution >= 4 is 74.7 Å². The van der Waals surface area contributed by atoms with E-state index >= 15 is 0 Å². The number of methoxy groups -OCH3 is 1. The first-order valence-electron chi connectivity index (χ1n) is 9.57. The minimum Gasteiger partial charge on any atom is -0.493 e. The largest absolute Gasteiger partial charge is 0.493 e. The van der Waals surface area contributed by atoms with Gasteiger partial charge >= 0.3 is 5.97 Å². The highest BCUT2D eigenvalue weighted by molar-refractivity contribution is 14.1. The Bertz CT molecular complexity index is 1310. The maximum atomic E-state index is 13.9. The van der Waals surface area contributed by atoms with Crippen LogP contribution in [0.5, 0.6) is 11.5 Å². The molecular formula is C24H15ClFI2NO4. The lowest BCUT2D eigenvalue weighted by Crippen LogP contribution is -2.06. The number of rotatable bonds is 6. The van der Waals surface area contributed by atoms with Gasteiger partial charge < -0.3 is 14.2 Å². The Kier molecular flexibility index (Phi) is 7.55. The van der Waals surface area contributed by atoms with Crippen LogP contribution < -0.4 is 9.47 Å². The zero-order valence-electron chi connectivity index (χ0n) is 17.1. The summed E-state index contributed by atoms with van der Waals surface area (Å²) in [5, 5.41) is 0.441. The molecule has 5 nitrogen and oxygen atoms in total. The summed E-state index contributed by atoms with van der Waals surface area (Å²) in [5.74, 6) is 0.165. The molecule has 0 atom stereocenters. The fraction of sp³-hybridized carbons (Fsp3) is 0.0833. The number of halogens is 4. The van der Waals surface area contributed by atoms with E-state index in [9.17, 15) is 9.18 Å². The second-order valence-corrected chi connectivity index (χ2v) is 9.69. The molecule has 0 aromatic heterocycles. The molecule has 0 bridgehead atoms. The SMILES string of the molecule is COc1cc(/C=C2\N=C(c3cc(I)ccc3Cl)OC2=O)cc(I)c1OCc1ccccc1F. The lowest BCUT2D eigenvalue weighted by Gasteiger charge is -2.14. The highest BCUT2D eigenvalue weighted by Crippen LogP contribution is 2.36. The van der Waals surface area contributed by atoms with Gasteiger partial charge in [-0.3, -0.25) is 0 Å². The summed E-state index contributed by atoms with van der Waals surface area (Å²) in [6.45, 7) is 0.0517. The van der Waals surface area contributed by atoms with Crippen LogP contribution in [0.2, 0.25) is 5.02 Å². The van der Waals surface area contributed by atoms with Gasteiger partial charge in [-0.05, 0) is 93.2 Å². The molecule has 4 rings (SSSR count). The smallest absolute Gasteiger partial charge is 0.363 e. The van der Waals surface area contributed by atoms with Gasteiger partial charge in [-0.1, -0.05) is 29.8 Å². The molecule has 0 saturated carbocycles. The van der Waals surface area contributed by atoms with E-state index in [4.69, 9.17) is 25.8 Å². The molecule has 0 fully saturated rings. The van der Waals surface area contributed by atoms with E-state index in [-0.39, 0.29) is 24.0 Å². The number of carbonyl (C=O) groups excluding carboxylic acids is 1. The number of benzene rings is 3. The zero-order valence-corrected chi connectivity index (χ0v) is 22.1. The molecule has 0 N–H and O–H groups in total. The van der Waals surface area contributed by atoms with E-state index in [1.165, 1.54) is 13.2 Å². The fourth-order valence-corrected chi connectivity index (χ4v) is 4.54. The summed E-state index contributed by atoms with van der Waals surface area (Å²) in [6.07, 6.45) is 1.60. The van der Waals surface area contributed by atoms with Crippen molar-refractivity contribution in [3.05, 3.63) is 95.0 Å². The van der Waals surface area contributed by atoms with Crippen LogP contribution in [0.1, 0.15) is 16.7 Å². The molecule has 168 valence electrons. The summed E-state index contributed by atoms with van der Waals surface area (Å²) >= 11 is 10.5. The average molecular weight is 690 g/mol. The number of nitrogens with zero attached hydrogens (tertiary/aromatic N) is 1. The summed E-state index contributed by atoms with van der Waals surface area (Å²) in [6, 6.07) is 15.3. The number of aliphatic imine (C=N–C) groups is 1. The Morgan fingerprint density at radius 2 is 1.94 bits per heavy atom. The van der Waals surface area contributed by atoms with E-state index in [1.807, 2.05) is 12.1 Å². The van der Waals surface area contributed by atoms with Crippen LogP contribution in [-0.2, 0) is 16.1 Å². The molecule has 1 aliphatic rings. The monoisotopic (exact) mass is 689 g/mol. The number of hydrogen-bond acceptors (Lipinski definition) is 5. The third-order valence-electron chi connectivity index (χ3n) is 4.66. The molecular weight excluding hydrogens is 675 g/mol. The first-order chi connectivity index (χ1) is 15.9. The third kappa shape index (κ3) is 5.49. The number of carbonyl (C=O) groups is 1. The predicted octanol–water partition coefficient (Wildman–Crippen LogP) is 6.62. The summed E-state index contributed by atoms with van der Waals surface area (Å²) in [5.41, 5.74) is 1.79. The standard InChI is InChI=1S/C24H15ClFI2NO4/c1-31-21-10-13(8-19(28)22(21)32-12-14-4-2-3-5-18(14)26)9-20-24(30)33-23(29-20)16-11-15(27)6-7-17(16)25/h2-11H,12H2,1H3/b20-9-. The van der Waals surface area contributed by atoms with E-state index < -0.39 is 5.97 Å². The van der Waals surface area contributed by atoms with Gasteiger partial charge in [0.2, 0.25) is 5.90 Å². The van der Waals surface area contributed by atoms with Crippen LogP contribution in [0.3, 0.4) is 0 Å². The Hall–Kier alpha value is -2.18. The van der Waals surface area contributed by atoms with Crippen LogP contribution in [0.25, 0.3) is 6.08 Å². The molecule has 0 aliphatic carbocycles. The van der Waals surface area contributed by atoms with Gasteiger partial charge in [0.15, 0.2) is 17.2 Å². The molecule has 3 aromatic rings. The molecule has 9 heteroatoms. The van der Waals surface area contributed by atoms with Gasteiger partial charge in [-0.25, -0.2) is 14.2 Å². The van der Waals surface area contributed by atoms with Gasteiger partial charge in [-0.15, -0.1) is 0 Å². The number of esters is 1. The Morgan fingerprint density at radius 3 is 2.70 bits per heavy atom. The van der Waals surface area contributed by atoms with Crippen molar-refractivity contribution in [2.24, 2.45) is 4.99 Å². The summed E-state index contributed by atoms with van der Waals surface area (Å²) in [7, 11) is 1.51. The predicted molar refractivity (Wildman–Crippen MR) is 141 cm³/mol. The normalized spacial score (nSPS) is 14.3. The zero-order chi connectivity index (χ0) is 23.5. The second-order valence-electron chi connectivity index (χ2n) is 6.87. The highest BCUT2D eigenvalue weighted by atomic mass is 127. The molecule has 1 aliphatic heterocycles. The maximum absolute atomic E-state index is 13.9. The molecule has 0 radical (unpaired) electrons. The van der Waals surface area contributed by atoms with Crippen LogP contribution in [0.15, 0.2) is 65.3 Å². The molecule has 0 amide bonds. The molecule has 0 saturated heterocycles. The summed E-state index contributed by atoms with van der Waals surface area (Å²) < 4.78 is 32.2. The number of ether oxygens (including phenoxy) is 3. The van der Waals surface area contributed by atoms with Crippen molar-refractivity contribution < 1.29 is 23.4 Å². The van der Waals surface area contributed by atoms with Crippen LogP contribution >= 0.6 is 56.8 Å². The lowest BCUT2D eigenvalue weighted by molar-refractivity contribution is -0.129. The van der Waals surface area contributed by atoms with Crippen LogP contribution in [-0.4, -0.2) is 19.0 Å². The second kappa shape index (κ2) is 10.4. The van der Waals surface area contributed by atoms with Gasteiger partial charge in [0, 0.05) is 9.13 Å². The molecule has 1 heterocycles. The molecule has 33 heavy (non-hydrogen) atoms. The van der Waals surface area contributed by atoms with Crippen molar-refractivity contribution in [3.8, 4) is 11.5 Å². The first kappa shape index (κ1) is 24.0. The van der Waals surface area contributed by atoms with Gasteiger partial charge in [0.05, 0.1) is 21.3 Å². The van der Waals surface area contributed by atoms with Crippen molar-refractivity contribution in [3.63, 3.8) is 0 Å². The topological polar surface area (TPSA) is 57.1 Å². The quantitative estimate of drug-likeness (QED) is 0.166. The van der Waals surface area contributed by atoms with E-state index in [1.54, 1.807) is 42.5 Å². The van der Waals surface area contributed by atoms with Gasteiger partial charge in [0.25, 0.3) is 0 Å². The van der Waals surface area contributed by atoms with Crippen molar-refractivity contribution in [1.82, 2.24) is 0 Å². The highest BCUT2D eigenvalue weighted by Gasteiger charge is 2.26. The minimum absolute atomic E-state index is 0.0517. The van der Waals surface area contributed by atoms with E-state index in [0.29, 0.717) is 33.2 Å². The third-order valence-corrected chi connectivity index (χ3v) is 6.47. The van der Waals surface area contributed by atoms with Crippen molar-refractivity contribution in [2.75, 3.05) is 7.11 Å². The van der Waals surface area contributed by atoms with Crippen molar-refractivity contribution in [1.29, 1.82) is 0 Å². The summed E-state index contributed by atoms with van der Waals surface area (Å²) in [4.78, 5) is 16.7. The van der Waals surface area contributed by atoms with E-state index in [0.717, 1.165) is 7.14 Å². The fourth-order valence-electron chi connectivity index (χ4n) is 3.07. The minimum atomic E-state index is -0.575. The lowest BCUT2D eigenvalue weighted by atomic mass is 10.1. The average Bonchev–Trinajstić information content (AvgIpc) is 3.15.